The molecule has 0 saturated heterocycles. The second-order valence-electron chi connectivity index (χ2n) is 13.1. The summed E-state index contributed by atoms with van der Waals surface area (Å²) >= 11 is 0. The third-order valence-corrected chi connectivity index (χ3v) is 7.90. The van der Waals surface area contributed by atoms with Crippen molar-refractivity contribution >= 4 is 17.9 Å². The summed E-state index contributed by atoms with van der Waals surface area (Å²) in [6.45, 7) is 8.76. The van der Waals surface area contributed by atoms with E-state index >= 15 is 4.39 Å². The minimum Gasteiger partial charge on any atom is -0.497 e. The number of carbonyl (C=O) groups is 2. The summed E-state index contributed by atoms with van der Waals surface area (Å²) < 4.78 is 44.9. The number of benzene rings is 2. The molecule has 0 bridgehead atoms. The highest BCUT2D eigenvalue weighted by Crippen LogP contribution is 2.37. The number of nitrogens with zero attached hydrogens (tertiary/aromatic N) is 5. The van der Waals surface area contributed by atoms with Gasteiger partial charge in [-0.25, -0.2) is 19.2 Å². The average molecular weight is 736 g/mol. The number of aliphatic hydroxyl groups excluding tert-OH is 1. The number of amidine groups is 1. The monoisotopic (exact) mass is 735 g/mol. The average Bonchev–Trinajstić information content (AvgIpc) is 3.57. The number of aliphatic hydroxyl groups is 1. The number of aromatic nitrogens is 5. The van der Waals surface area contributed by atoms with Crippen LogP contribution < -0.4 is 19.5 Å². The number of hydrogen-bond donors (Lipinski definition) is 3. The maximum Gasteiger partial charge on any atom is 0.412 e. The first kappa shape index (κ1) is 40.1. The van der Waals surface area contributed by atoms with Gasteiger partial charge in [0.05, 0.1) is 32.2 Å². The molecule has 53 heavy (non-hydrogen) atoms. The molecule has 0 spiro atoms. The Morgan fingerprint density at radius 3 is 2.36 bits per heavy atom. The molecule has 284 valence electrons. The van der Waals surface area contributed by atoms with Gasteiger partial charge in [0.15, 0.2) is 17.4 Å². The highest BCUT2D eigenvalue weighted by Gasteiger charge is 2.29. The predicted octanol–water partition coefficient (Wildman–Crippen LogP) is 5.36. The Hall–Kier alpha value is -5.64. The summed E-state index contributed by atoms with van der Waals surface area (Å²) in [7, 11) is 1.43. The molecule has 0 aliphatic rings. The number of methoxy groups -OCH3 is 1. The molecule has 0 aliphatic carbocycles. The van der Waals surface area contributed by atoms with Crippen molar-refractivity contribution in [2.45, 2.75) is 59.8 Å². The van der Waals surface area contributed by atoms with Crippen LogP contribution in [0.5, 0.6) is 17.5 Å². The minimum atomic E-state index is -0.906. The van der Waals surface area contributed by atoms with E-state index in [4.69, 9.17) is 29.1 Å². The summed E-state index contributed by atoms with van der Waals surface area (Å²) in [6.07, 6.45) is 3.60. The van der Waals surface area contributed by atoms with E-state index in [-0.39, 0.29) is 78.3 Å². The summed E-state index contributed by atoms with van der Waals surface area (Å²) in [5.74, 6) is -2.18. The van der Waals surface area contributed by atoms with Crippen LogP contribution in [0.3, 0.4) is 0 Å². The molecule has 1 unspecified atom stereocenters. The molecule has 0 aliphatic heterocycles. The molecule has 16 heteroatoms. The van der Waals surface area contributed by atoms with Crippen LogP contribution in [0.2, 0.25) is 0 Å². The van der Waals surface area contributed by atoms with Gasteiger partial charge in [-0.05, 0) is 42.4 Å². The zero-order valence-corrected chi connectivity index (χ0v) is 30.7. The Bertz CT molecular complexity index is 1830. The van der Waals surface area contributed by atoms with Crippen molar-refractivity contribution in [3.8, 4) is 23.5 Å². The van der Waals surface area contributed by atoms with Crippen LogP contribution in [0.25, 0.3) is 5.95 Å². The molecule has 3 N–H and O–H groups in total. The molecule has 1 amide bonds. The maximum absolute atomic E-state index is 16.3. The van der Waals surface area contributed by atoms with Crippen LogP contribution in [0.15, 0.2) is 54.9 Å². The van der Waals surface area contributed by atoms with Gasteiger partial charge in [-0.2, -0.15) is 4.98 Å². The molecule has 2 heterocycles. The fourth-order valence-corrected chi connectivity index (χ4v) is 5.07. The quantitative estimate of drug-likeness (QED) is 0.0545. The lowest BCUT2D eigenvalue weighted by molar-refractivity contribution is -0.155. The summed E-state index contributed by atoms with van der Waals surface area (Å²) in [5, 5.41) is 24.8. The third-order valence-electron chi connectivity index (χ3n) is 7.90. The Balaban J connectivity index is 1.72. The Labute approximate surface area is 307 Å². The lowest BCUT2D eigenvalue weighted by Crippen LogP contribution is -2.33. The van der Waals surface area contributed by atoms with Gasteiger partial charge in [0, 0.05) is 29.6 Å². The molecule has 0 radical (unpaired) electrons. The predicted molar refractivity (Wildman–Crippen MR) is 191 cm³/mol. The first-order valence-electron chi connectivity index (χ1n) is 17.1. The van der Waals surface area contributed by atoms with Gasteiger partial charge < -0.3 is 28.8 Å². The molecular weight excluding hydrogens is 689 g/mol. The van der Waals surface area contributed by atoms with Gasteiger partial charge in [-0.15, -0.1) is 9.78 Å². The number of hydrogen-bond acceptors (Lipinski definition) is 13. The molecule has 1 atom stereocenters. The van der Waals surface area contributed by atoms with Gasteiger partial charge >= 0.3 is 18.1 Å². The molecule has 2 aromatic heterocycles. The van der Waals surface area contributed by atoms with E-state index in [1.807, 2.05) is 34.6 Å². The van der Waals surface area contributed by atoms with E-state index in [1.165, 1.54) is 36.3 Å². The van der Waals surface area contributed by atoms with Crippen LogP contribution in [0.1, 0.15) is 75.9 Å². The van der Waals surface area contributed by atoms with Crippen molar-refractivity contribution in [2.24, 2.45) is 11.3 Å². The zero-order valence-electron chi connectivity index (χ0n) is 30.7. The second-order valence-corrected chi connectivity index (χ2v) is 13.1. The Morgan fingerprint density at radius 2 is 1.74 bits per heavy atom. The van der Waals surface area contributed by atoms with Gasteiger partial charge in [0.1, 0.15) is 18.2 Å². The van der Waals surface area contributed by atoms with E-state index in [1.54, 1.807) is 30.3 Å². The molecule has 4 aromatic rings. The first-order valence-corrected chi connectivity index (χ1v) is 17.1. The maximum atomic E-state index is 16.3. The fourth-order valence-electron chi connectivity index (χ4n) is 5.07. The van der Waals surface area contributed by atoms with Crippen LogP contribution in [0.4, 0.5) is 9.18 Å². The van der Waals surface area contributed by atoms with Crippen LogP contribution in [-0.2, 0) is 20.7 Å². The number of nitrogens with one attached hydrogen (secondary N) is 2. The molecule has 0 fully saturated rings. The standard InChI is InChI=1S/C37H46FN7O8/c1-7-24(8-2)33(47)52-22-53-35-43-32(44-45(35)34-40-14-9-15-41-34)28(27-19-26(49-6)20-29(30(27)38)50-17-16-46)18-23-10-12-25(13-11-23)31(39)42-36(48)51-21-37(3,4)5/h9-15,19-20,24,28,46H,7-8,16-18,21-22H2,1-6H3,(H2,39,42,48). The van der Waals surface area contributed by atoms with Gasteiger partial charge in [0.2, 0.25) is 6.79 Å². The van der Waals surface area contributed by atoms with Crippen molar-refractivity contribution < 1.29 is 42.8 Å². The fraction of sp³-hybridized carbons (Fsp3) is 0.432. The van der Waals surface area contributed by atoms with Gasteiger partial charge in [-0.3, -0.25) is 15.5 Å². The zero-order chi connectivity index (χ0) is 38.5. The lowest BCUT2D eigenvalue weighted by Gasteiger charge is -2.19. The van der Waals surface area contributed by atoms with Crippen LogP contribution >= 0.6 is 0 Å². The van der Waals surface area contributed by atoms with E-state index in [2.05, 4.69) is 25.4 Å². The second kappa shape index (κ2) is 18.7. The van der Waals surface area contributed by atoms with E-state index in [0.717, 1.165) is 0 Å². The van der Waals surface area contributed by atoms with Crippen LogP contribution in [0, 0.1) is 22.6 Å². The van der Waals surface area contributed by atoms with Gasteiger partial charge in [0.25, 0.3) is 5.95 Å². The lowest BCUT2D eigenvalue weighted by atomic mass is 9.90. The van der Waals surface area contributed by atoms with Crippen molar-refractivity contribution in [1.82, 2.24) is 30.0 Å². The molecule has 2 aromatic carbocycles. The summed E-state index contributed by atoms with van der Waals surface area (Å²) in [6, 6.07) is 11.1. The van der Waals surface area contributed by atoms with Crippen molar-refractivity contribution in [3.63, 3.8) is 0 Å². The highest BCUT2D eigenvalue weighted by molar-refractivity contribution is 6.04. The number of halogens is 1. The largest absolute Gasteiger partial charge is 0.497 e. The number of ether oxygens (including phenoxy) is 5. The Kier molecular flexibility index (Phi) is 14.2. The molecular formula is C37H46FN7O8. The smallest absolute Gasteiger partial charge is 0.412 e. The van der Waals surface area contributed by atoms with E-state index < -0.39 is 30.6 Å². The van der Waals surface area contributed by atoms with Crippen molar-refractivity contribution in [1.29, 1.82) is 5.41 Å². The number of esters is 1. The summed E-state index contributed by atoms with van der Waals surface area (Å²) in [4.78, 5) is 38.0. The molecule has 15 nitrogen and oxygen atoms in total. The Morgan fingerprint density at radius 1 is 1.04 bits per heavy atom. The van der Waals surface area contributed by atoms with Crippen LogP contribution in [-0.4, -0.2) is 81.5 Å². The number of rotatable bonds is 17. The normalized spacial score (nSPS) is 11.9. The molecule has 4 rings (SSSR count). The van der Waals surface area contributed by atoms with E-state index in [0.29, 0.717) is 24.0 Å². The first-order chi connectivity index (χ1) is 25.4. The topological polar surface area (TPSA) is 193 Å². The van der Waals surface area contributed by atoms with Crippen molar-refractivity contribution in [3.05, 3.63) is 83.2 Å². The van der Waals surface area contributed by atoms with Crippen molar-refractivity contribution in [2.75, 3.05) is 33.7 Å². The third kappa shape index (κ3) is 11.2. The SMILES string of the molecule is CCC(CC)C(=O)OCOc1nc(C(Cc2ccc(C(=N)NC(=O)OCC(C)(C)C)cc2)c2cc(OC)cc(OCCO)c2F)nn1-c1ncccn1. The summed E-state index contributed by atoms with van der Waals surface area (Å²) in [5.41, 5.74) is 0.968. The highest BCUT2D eigenvalue weighted by atomic mass is 19.1. The minimum absolute atomic E-state index is 0.0964. The number of carbonyl (C=O) groups excluding carboxylic acids is 2. The van der Waals surface area contributed by atoms with Gasteiger partial charge in [-0.1, -0.05) is 58.9 Å². The number of amides is 1. The number of alkyl carbamates (subject to hydrolysis) is 1. The van der Waals surface area contributed by atoms with E-state index in [9.17, 15) is 14.7 Å². The molecule has 0 saturated carbocycles.